The van der Waals surface area contributed by atoms with Crippen molar-refractivity contribution in [3.05, 3.63) is 34.3 Å². The van der Waals surface area contributed by atoms with Gasteiger partial charge in [-0.3, -0.25) is 4.79 Å². The highest BCUT2D eigenvalue weighted by Gasteiger charge is 2.44. The van der Waals surface area contributed by atoms with Gasteiger partial charge in [-0.2, -0.15) is 13.2 Å². The number of benzene rings is 1. The number of carbonyl (C=O) groups is 1. The van der Waals surface area contributed by atoms with Crippen LogP contribution in [-0.4, -0.2) is 42.4 Å². The molecule has 1 aromatic rings. The Balaban J connectivity index is 1.37. The van der Waals surface area contributed by atoms with Crippen LogP contribution in [0.1, 0.15) is 43.2 Å². The highest BCUT2D eigenvalue weighted by molar-refractivity contribution is 6.31. The summed E-state index contributed by atoms with van der Waals surface area (Å²) in [5, 5.41) is 0.0659. The Morgan fingerprint density at radius 2 is 1.82 bits per heavy atom. The predicted octanol–water partition coefficient (Wildman–Crippen LogP) is 4.44. The summed E-state index contributed by atoms with van der Waals surface area (Å²) in [7, 11) is 0. The molecule has 1 amide bonds. The van der Waals surface area contributed by atoms with Crippen LogP contribution in [0.4, 0.5) is 13.2 Å². The van der Waals surface area contributed by atoms with Crippen LogP contribution in [0.5, 0.6) is 0 Å². The maximum absolute atomic E-state index is 12.9. The minimum absolute atomic E-state index is 0.0659. The molecule has 0 radical (unpaired) electrons. The van der Waals surface area contributed by atoms with E-state index in [-0.39, 0.29) is 22.9 Å². The Kier molecular flexibility index (Phi) is 5.35. The number of alkyl halides is 3. The Morgan fingerprint density at radius 3 is 2.43 bits per heavy atom. The van der Waals surface area contributed by atoms with Crippen LogP contribution in [0.2, 0.25) is 5.02 Å². The first kappa shape index (κ1) is 20.0. The third kappa shape index (κ3) is 3.89. The van der Waals surface area contributed by atoms with Crippen LogP contribution in [0.15, 0.2) is 18.2 Å². The van der Waals surface area contributed by atoms with Crippen molar-refractivity contribution < 1.29 is 27.4 Å². The van der Waals surface area contributed by atoms with Gasteiger partial charge in [0.2, 0.25) is 5.91 Å². The van der Waals surface area contributed by atoms with E-state index >= 15 is 0 Å². The lowest BCUT2D eigenvalue weighted by molar-refractivity contribution is -0.184. The van der Waals surface area contributed by atoms with Crippen LogP contribution in [-0.2, 0) is 26.9 Å². The fourth-order valence-corrected chi connectivity index (χ4v) is 4.87. The van der Waals surface area contributed by atoms with Crippen molar-refractivity contribution in [2.45, 2.75) is 56.5 Å². The van der Waals surface area contributed by atoms with Gasteiger partial charge >= 0.3 is 6.18 Å². The molecule has 28 heavy (non-hydrogen) atoms. The van der Waals surface area contributed by atoms with Gasteiger partial charge in [-0.15, -0.1) is 0 Å². The fourth-order valence-electron chi connectivity index (χ4n) is 4.61. The predicted molar refractivity (Wildman–Crippen MR) is 96.9 cm³/mol. The summed E-state index contributed by atoms with van der Waals surface area (Å²) in [6.45, 7) is 1.94. The molecule has 4 rings (SSSR count). The average Bonchev–Trinajstić information content (AvgIpc) is 3.25. The maximum atomic E-state index is 12.9. The first-order valence-corrected chi connectivity index (χ1v) is 10.1. The quantitative estimate of drug-likeness (QED) is 0.730. The Morgan fingerprint density at radius 1 is 1.14 bits per heavy atom. The van der Waals surface area contributed by atoms with Gasteiger partial charge in [0.1, 0.15) is 0 Å². The summed E-state index contributed by atoms with van der Waals surface area (Å²) < 4.78 is 49.9. The minimum atomic E-state index is -4.42. The fraction of sp³-hybridized carbons (Fsp3) is 0.650. The van der Waals surface area contributed by atoms with Crippen LogP contribution in [0.3, 0.4) is 0 Å². The molecular formula is C20H23ClF3NO3. The van der Waals surface area contributed by atoms with Crippen LogP contribution in [0, 0.1) is 5.92 Å². The second kappa shape index (κ2) is 7.50. The molecular weight excluding hydrogens is 395 g/mol. The number of rotatable bonds is 3. The van der Waals surface area contributed by atoms with Gasteiger partial charge in [-0.25, -0.2) is 0 Å². The van der Waals surface area contributed by atoms with E-state index in [9.17, 15) is 18.0 Å². The molecule has 8 heteroatoms. The molecule has 0 bridgehead atoms. The van der Waals surface area contributed by atoms with Gasteiger partial charge in [0.25, 0.3) is 0 Å². The van der Waals surface area contributed by atoms with E-state index in [0.717, 1.165) is 37.8 Å². The van der Waals surface area contributed by atoms with Crippen LogP contribution in [0.25, 0.3) is 0 Å². The number of amides is 1. The lowest BCUT2D eigenvalue weighted by Gasteiger charge is -2.39. The second-order valence-corrected chi connectivity index (χ2v) is 8.27. The van der Waals surface area contributed by atoms with Gasteiger partial charge in [0.05, 0.1) is 18.8 Å². The molecule has 4 nitrogen and oxygen atoms in total. The molecule has 154 valence electrons. The largest absolute Gasteiger partial charge is 0.416 e. The van der Waals surface area contributed by atoms with Crippen molar-refractivity contribution in [2.24, 2.45) is 5.92 Å². The number of likely N-dealkylation sites (tertiary alicyclic amines) is 1. The third-order valence-electron chi connectivity index (χ3n) is 6.17. The number of nitrogens with zero attached hydrogens (tertiary/aromatic N) is 1. The second-order valence-electron chi connectivity index (χ2n) is 7.86. The van der Waals surface area contributed by atoms with Crippen molar-refractivity contribution in [1.29, 1.82) is 0 Å². The molecule has 1 aromatic carbocycles. The summed E-state index contributed by atoms with van der Waals surface area (Å²) in [5.41, 5.74) is -0.182. The molecule has 1 aliphatic carbocycles. The molecule has 3 aliphatic rings. The molecule has 2 aliphatic heterocycles. The summed E-state index contributed by atoms with van der Waals surface area (Å²) in [4.78, 5) is 14.8. The lowest BCUT2D eigenvalue weighted by Crippen LogP contribution is -2.45. The van der Waals surface area contributed by atoms with E-state index in [1.807, 2.05) is 4.90 Å². The monoisotopic (exact) mass is 417 g/mol. The average molecular weight is 418 g/mol. The van der Waals surface area contributed by atoms with Crippen LogP contribution < -0.4 is 0 Å². The highest BCUT2D eigenvalue weighted by Crippen LogP contribution is 2.39. The normalized spacial score (nSPS) is 25.8. The van der Waals surface area contributed by atoms with E-state index in [4.69, 9.17) is 21.1 Å². The zero-order valence-electron chi connectivity index (χ0n) is 15.4. The summed E-state index contributed by atoms with van der Waals surface area (Å²) in [6.07, 6.45) is -0.0834. The Bertz CT molecular complexity index is 739. The van der Waals surface area contributed by atoms with Crippen LogP contribution >= 0.6 is 11.6 Å². The highest BCUT2D eigenvalue weighted by atomic mass is 35.5. The first-order chi connectivity index (χ1) is 13.3. The number of halogens is 4. The zero-order chi connectivity index (χ0) is 19.9. The SMILES string of the molecule is O=C1C(Cc2ccc(C(F)(F)F)cc2Cl)CCN1C1CCC2(CC1)OCCO2. The van der Waals surface area contributed by atoms with E-state index in [2.05, 4.69) is 0 Å². The summed E-state index contributed by atoms with van der Waals surface area (Å²) in [5.74, 6) is -0.610. The smallest absolute Gasteiger partial charge is 0.348 e. The van der Waals surface area contributed by atoms with Crippen molar-refractivity contribution in [1.82, 2.24) is 4.90 Å². The molecule has 2 heterocycles. The standard InChI is InChI=1S/C20H23ClF3NO3/c21-17-12-15(20(22,23)24)2-1-13(17)11-14-5-8-25(18(14)26)16-3-6-19(7-4-16)27-9-10-28-19/h1-2,12,14,16H,3-11H2. The van der Waals surface area contributed by atoms with Crippen molar-refractivity contribution >= 4 is 17.5 Å². The number of ether oxygens (including phenoxy) is 2. The van der Waals surface area contributed by atoms with E-state index < -0.39 is 17.5 Å². The molecule has 0 N–H and O–H groups in total. The zero-order valence-corrected chi connectivity index (χ0v) is 16.2. The topological polar surface area (TPSA) is 38.8 Å². The molecule has 1 unspecified atom stereocenters. The van der Waals surface area contributed by atoms with Gasteiger partial charge < -0.3 is 14.4 Å². The van der Waals surface area contributed by atoms with Crippen molar-refractivity contribution in [3.63, 3.8) is 0 Å². The maximum Gasteiger partial charge on any atom is 0.416 e. The molecule has 1 spiro atoms. The van der Waals surface area contributed by atoms with Gasteiger partial charge in [0, 0.05) is 36.4 Å². The van der Waals surface area contributed by atoms with Gasteiger partial charge in [0.15, 0.2) is 5.79 Å². The van der Waals surface area contributed by atoms with Crippen molar-refractivity contribution in [3.8, 4) is 0 Å². The van der Waals surface area contributed by atoms with E-state index in [1.54, 1.807) is 0 Å². The number of carbonyl (C=O) groups excluding carboxylic acids is 1. The summed E-state index contributed by atoms with van der Waals surface area (Å²) in [6, 6.07) is 3.54. The first-order valence-electron chi connectivity index (χ1n) is 9.71. The molecule has 2 saturated heterocycles. The molecule has 1 saturated carbocycles. The Labute approximate surface area is 166 Å². The molecule has 0 aromatic heterocycles. The number of hydrogen-bond donors (Lipinski definition) is 0. The van der Waals surface area contributed by atoms with Gasteiger partial charge in [-0.1, -0.05) is 17.7 Å². The van der Waals surface area contributed by atoms with Gasteiger partial charge in [-0.05, 0) is 43.4 Å². The van der Waals surface area contributed by atoms with E-state index in [0.29, 0.717) is 38.2 Å². The molecule has 3 fully saturated rings. The minimum Gasteiger partial charge on any atom is -0.348 e. The molecule has 1 atom stereocenters. The van der Waals surface area contributed by atoms with E-state index in [1.165, 1.54) is 6.07 Å². The van der Waals surface area contributed by atoms with Crippen molar-refractivity contribution in [2.75, 3.05) is 19.8 Å². The number of hydrogen-bond acceptors (Lipinski definition) is 3. The third-order valence-corrected chi connectivity index (χ3v) is 6.52. The lowest BCUT2D eigenvalue weighted by atomic mass is 9.89. The Hall–Kier alpha value is -1.31. The summed E-state index contributed by atoms with van der Waals surface area (Å²) >= 11 is 6.06.